The highest BCUT2D eigenvalue weighted by Crippen LogP contribution is 2.34. The average molecular weight is 249 g/mol. The fourth-order valence-corrected chi connectivity index (χ4v) is 2.67. The SMILES string of the molecule is CCCN(C(C)C)C1COc2ccccc2C1O. The third-order valence-corrected chi connectivity index (χ3v) is 3.58. The Bertz CT molecular complexity index is 392. The molecule has 1 N–H and O–H groups in total. The summed E-state index contributed by atoms with van der Waals surface area (Å²) < 4.78 is 5.78. The number of hydrogen-bond donors (Lipinski definition) is 1. The van der Waals surface area contributed by atoms with Gasteiger partial charge in [-0.05, 0) is 32.9 Å². The van der Waals surface area contributed by atoms with E-state index in [1.807, 2.05) is 24.3 Å². The smallest absolute Gasteiger partial charge is 0.125 e. The molecule has 100 valence electrons. The van der Waals surface area contributed by atoms with E-state index in [1.54, 1.807) is 0 Å². The van der Waals surface area contributed by atoms with Gasteiger partial charge in [-0.15, -0.1) is 0 Å². The maximum atomic E-state index is 10.5. The molecule has 0 spiro atoms. The minimum Gasteiger partial charge on any atom is -0.491 e. The van der Waals surface area contributed by atoms with Crippen LogP contribution in [-0.2, 0) is 0 Å². The van der Waals surface area contributed by atoms with Crippen LogP contribution in [0.5, 0.6) is 5.75 Å². The first-order valence-corrected chi connectivity index (χ1v) is 6.80. The number of ether oxygens (including phenoxy) is 1. The molecule has 2 unspecified atom stereocenters. The Balaban J connectivity index is 2.22. The molecule has 0 saturated heterocycles. The molecule has 2 rings (SSSR count). The zero-order chi connectivity index (χ0) is 13.1. The van der Waals surface area contributed by atoms with Crippen LogP contribution in [0.4, 0.5) is 0 Å². The normalized spacial score (nSPS) is 23.0. The van der Waals surface area contributed by atoms with Gasteiger partial charge in [0.2, 0.25) is 0 Å². The monoisotopic (exact) mass is 249 g/mol. The van der Waals surface area contributed by atoms with Crippen molar-refractivity contribution < 1.29 is 9.84 Å². The van der Waals surface area contributed by atoms with Crippen LogP contribution in [0.25, 0.3) is 0 Å². The Morgan fingerprint density at radius 2 is 2.11 bits per heavy atom. The first-order valence-electron chi connectivity index (χ1n) is 6.80. The van der Waals surface area contributed by atoms with Crippen molar-refractivity contribution in [3.8, 4) is 5.75 Å². The maximum Gasteiger partial charge on any atom is 0.125 e. The summed E-state index contributed by atoms with van der Waals surface area (Å²) in [6.07, 6.45) is 0.632. The lowest BCUT2D eigenvalue weighted by Gasteiger charge is -2.40. The van der Waals surface area contributed by atoms with Crippen LogP contribution in [0.3, 0.4) is 0 Å². The summed E-state index contributed by atoms with van der Waals surface area (Å²) in [5.41, 5.74) is 0.913. The van der Waals surface area contributed by atoms with E-state index in [0.29, 0.717) is 12.6 Å². The fourth-order valence-electron chi connectivity index (χ4n) is 2.67. The molecule has 0 saturated carbocycles. The predicted molar refractivity (Wildman–Crippen MR) is 72.8 cm³/mol. The van der Waals surface area contributed by atoms with Crippen LogP contribution >= 0.6 is 0 Å². The molecule has 0 radical (unpaired) electrons. The number of fused-ring (bicyclic) bond motifs is 1. The quantitative estimate of drug-likeness (QED) is 0.890. The second-order valence-electron chi connectivity index (χ2n) is 5.19. The molecule has 1 heterocycles. The van der Waals surface area contributed by atoms with Crippen molar-refractivity contribution in [3.63, 3.8) is 0 Å². The minimum absolute atomic E-state index is 0.0554. The predicted octanol–water partition coefficient (Wildman–Crippen LogP) is 2.60. The number of benzene rings is 1. The Morgan fingerprint density at radius 1 is 1.39 bits per heavy atom. The lowest BCUT2D eigenvalue weighted by Crippen LogP contribution is -2.49. The standard InChI is InChI=1S/C15H23NO2/c1-4-9-16(11(2)3)13-10-18-14-8-6-5-7-12(14)15(13)17/h5-8,11,13,15,17H,4,9-10H2,1-3H3. The summed E-state index contributed by atoms with van der Waals surface area (Å²) in [6, 6.07) is 8.24. The number of rotatable bonds is 4. The van der Waals surface area contributed by atoms with Gasteiger partial charge in [0.15, 0.2) is 0 Å². The molecule has 0 aromatic heterocycles. The first-order chi connectivity index (χ1) is 8.65. The molecule has 1 aliphatic heterocycles. The summed E-state index contributed by atoms with van der Waals surface area (Å²) >= 11 is 0. The van der Waals surface area contributed by atoms with Crippen LogP contribution in [0.2, 0.25) is 0 Å². The highest BCUT2D eigenvalue weighted by Gasteiger charge is 2.34. The second kappa shape index (κ2) is 5.72. The third kappa shape index (κ3) is 2.52. The van der Waals surface area contributed by atoms with Crippen molar-refractivity contribution in [1.82, 2.24) is 4.90 Å². The van der Waals surface area contributed by atoms with Gasteiger partial charge in [-0.3, -0.25) is 4.90 Å². The van der Waals surface area contributed by atoms with E-state index < -0.39 is 6.10 Å². The highest BCUT2D eigenvalue weighted by molar-refractivity contribution is 5.37. The summed E-state index contributed by atoms with van der Waals surface area (Å²) in [4.78, 5) is 2.33. The zero-order valence-electron chi connectivity index (χ0n) is 11.5. The van der Waals surface area contributed by atoms with E-state index in [-0.39, 0.29) is 6.04 Å². The van der Waals surface area contributed by atoms with Crippen LogP contribution in [0.15, 0.2) is 24.3 Å². The molecule has 18 heavy (non-hydrogen) atoms. The summed E-state index contributed by atoms with van der Waals surface area (Å²) in [5, 5.41) is 10.5. The highest BCUT2D eigenvalue weighted by atomic mass is 16.5. The van der Waals surface area contributed by atoms with Crippen molar-refractivity contribution in [2.75, 3.05) is 13.2 Å². The van der Waals surface area contributed by atoms with Gasteiger partial charge in [-0.1, -0.05) is 25.1 Å². The lowest BCUT2D eigenvalue weighted by molar-refractivity contribution is -0.0104. The van der Waals surface area contributed by atoms with Crippen LogP contribution in [0.1, 0.15) is 38.9 Å². The molecule has 0 aliphatic carbocycles. The Morgan fingerprint density at radius 3 is 2.78 bits per heavy atom. The van der Waals surface area contributed by atoms with Gasteiger partial charge in [-0.25, -0.2) is 0 Å². The molecular weight excluding hydrogens is 226 g/mol. The van der Waals surface area contributed by atoms with E-state index in [9.17, 15) is 5.11 Å². The first kappa shape index (κ1) is 13.4. The number of para-hydroxylation sites is 1. The molecule has 1 aromatic rings. The van der Waals surface area contributed by atoms with Gasteiger partial charge in [0.25, 0.3) is 0 Å². The average Bonchev–Trinajstić information content (AvgIpc) is 2.37. The van der Waals surface area contributed by atoms with E-state index in [4.69, 9.17) is 4.74 Å². The Hall–Kier alpha value is -1.06. The van der Waals surface area contributed by atoms with Gasteiger partial charge >= 0.3 is 0 Å². The number of aliphatic hydroxyl groups is 1. The van der Waals surface area contributed by atoms with Crippen LogP contribution in [0, 0.1) is 0 Å². The molecule has 3 heteroatoms. The van der Waals surface area contributed by atoms with E-state index in [0.717, 1.165) is 24.3 Å². The second-order valence-corrected chi connectivity index (χ2v) is 5.19. The number of hydrogen-bond acceptors (Lipinski definition) is 3. The summed E-state index contributed by atoms with van der Waals surface area (Å²) in [6.45, 7) is 8.06. The van der Waals surface area contributed by atoms with Crippen LogP contribution in [-0.4, -0.2) is 35.2 Å². The van der Waals surface area contributed by atoms with Gasteiger partial charge in [0.05, 0.1) is 6.04 Å². The third-order valence-electron chi connectivity index (χ3n) is 3.58. The zero-order valence-corrected chi connectivity index (χ0v) is 11.5. The van der Waals surface area contributed by atoms with E-state index in [2.05, 4.69) is 25.7 Å². The van der Waals surface area contributed by atoms with Crippen molar-refractivity contribution in [2.45, 2.75) is 45.4 Å². The summed E-state index contributed by atoms with van der Waals surface area (Å²) in [5.74, 6) is 0.821. The fraction of sp³-hybridized carbons (Fsp3) is 0.600. The van der Waals surface area contributed by atoms with Gasteiger partial charge in [0.1, 0.15) is 18.5 Å². The van der Waals surface area contributed by atoms with Gasteiger partial charge in [-0.2, -0.15) is 0 Å². The molecule has 3 nitrogen and oxygen atoms in total. The van der Waals surface area contributed by atoms with Crippen molar-refractivity contribution >= 4 is 0 Å². The summed E-state index contributed by atoms with van der Waals surface area (Å²) in [7, 11) is 0. The van der Waals surface area contributed by atoms with Gasteiger partial charge < -0.3 is 9.84 Å². The Labute approximate surface area is 109 Å². The molecule has 0 fully saturated rings. The number of aliphatic hydroxyl groups excluding tert-OH is 1. The molecule has 1 aromatic carbocycles. The molecular formula is C15H23NO2. The van der Waals surface area contributed by atoms with Crippen molar-refractivity contribution in [2.24, 2.45) is 0 Å². The van der Waals surface area contributed by atoms with Gasteiger partial charge in [0, 0.05) is 11.6 Å². The van der Waals surface area contributed by atoms with Crippen molar-refractivity contribution in [1.29, 1.82) is 0 Å². The van der Waals surface area contributed by atoms with Crippen LogP contribution < -0.4 is 4.74 Å². The maximum absolute atomic E-state index is 10.5. The molecule has 2 atom stereocenters. The lowest BCUT2D eigenvalue weighted by atomic mass is 9.97. The van der Waals surface area contributed by atoms with E-state index in [1.165, 1.54) is 0 Å². The molecule has 0 amide bonds. The minimum atomic E-state index is -0.455. The largest absolute Gasteiger partial charge is 0.491 e. The Kier molecular flexibility index (Phi) is 4.25. The van der Waals surface area contributed by atoms with E-state index >= 15 is 0 Å². The van der Waals surface area contributed by atoms with Crippen molar-refractivity contribution in [3.05, 3.63) is 29.8 Å². The number of nitrogens with zero attached hydrogens (tertiary/aromatic N) is 1. The molecule has 1 aliphatic rings. The topological polar surface area (TPSA) is 32.7 Å². The molecule has 0 bridgehead atoms.